The van der Waals surface area contributed by atoms with E-state index in [9.17, 15) is 4.79 Å². The van der Waals surface area contributed by atoms with E-state index >= 15 is 0 Å². The van der Waals surface area contributed by atoms with Crippen molar-refractivity contribution >= 4 is 30.1 Å². The molecule has 1 aliphatic heterocycles. The summed E-state index contributed by atoms with van der Waals surface area (Å²) in [5.74, 6) is 2.71. The molecule has 1 amide bonds. The highest BCUT2D eigenvalue weighted by Crippen LogP contribution is 2.11. The summed E-state index contributed by atoms with van der Waals surface area (Å²) in [4.78, 5) is 11.7. The zero-order chi connectivity index (χ0) is 13.5. The molecule has 2 rings (SSSR count). The number of carbonyl (C=O) groups excluding carboxylic acids is 1. The van der Waals surface area contributed by atoms with Crippen LogP contribution in [-0.4, -0.2) is 36.7 Å². The number of aryl methyl sites for hydroxylation is 1. The number of hydrogen-bond acceptors (Lipinski definition) is 4. The second kappa shape index (κ2) is 9.10. The lowest BCUT2D eigenvalue weighted by Crippen LogP contribution is -2.42. The van der Waals surface area contributed by atoms with Gasteiger partial charge in [0.25, 0.3) is 0 Å². The Morgan fingerprint density at radius 1 is 1.45 bits per heavy atom. The first-order valence-corrected chi connectivity index (χ1v) is 7.69. The van der Waals surface area contributed by atoms with Crippen molar-refractivity contribution in [2.24, 2.45) is 0 Å². The topological polar surface area (TPSA) is 50.4 Å². The zero-order valence-electron chi connectivity index (χ0n) is 11.6. The predicted octanol–water partition coefficient (Wildman–Crippen LogP) is 1.96. The quantitative estimate of drug-likeness (QED) is 0.788. The monoisotopic (exact) mass is 316 g/mol. The smallest absolute Gasteiger partial charge is 0.238 e. The van der Waals surface area contributed by atoms with Gasteiger partial charge in [-0.05, 0) is 25.5 Å². The SMILES string of the molecule is Cc1ccc(OCCCNC(=O)C2CSCN2)cc1.Cl. The third-order valence-electron chi connectivity index (χ3n) is 2.94. The fourth-order valence-corrected chi connectivity index (χ4v) is 2.74. The molecule has 0 saturated carbocycles. The second-order valence-electron chi connectivity index (χ2n) is 4.58. The number of hydrogen-bond donors (Lipinski definition) is 2. The van der Waals surface area contributed by atoms with Crippen LogP contribution in [0.15, 0.2) is 24.3 Å². The van der Waals surface area contributed by atoms with Crippen LogP contribution in [0.3, 0.4) is 0 Å². The van der Waals surface area contributed by atoms with E-state index in [1.807, 2.05) is 24.3 Å². The molecule has 20 heavy (non-hydrogen) atoms. The van der Waals surface area contributed by atoms with Crippen LogP contribution >= 0.6 is 24.2 Å². The van der Waals surface area contributed by atoms with Gasteiger partial charge in [0, 0.05) is 18.2 Å². The Bertz CT molecular complexity index is 408. The van der Waals surface area contributed by atoms with Crippen LogP contribution in [0.2, 0.25) is 0 Å². The van der Waals surface area contributed by atoms with Gasteiger partial charge in [-0.15, -0.1) is 24.2 Å². The van der Waals surface area contributed by atoms with Crippen molar-refractivity contribution < 1.29 is 9.53 Å². The number of carbonyl (C=O) groups is 1. The van der Waals surface area contributed by atoms with E-state index in [-0.39, 0.29) is 24.4 Å². The molecule has 2 N–H and O–H groups in total. The number of nitrogens with one attached hydrogen (secondary N) is 2. The van der Waals surface area contributed by atoms with E-state index in [4.69, 9.17) is 4.74 Å². The summed E-state index contributed by atoms with van der Waals surface area (Å²) in [5.41, 5.74) is 1.22. The molecule has 1 unspecified atom stereocenters. The van der Waals surface area contributed by atoms with Crippen molar-refractivity contribution in [1.29, 1.82) is 0 Å². The highest BCUT2D eigenvalue weighted by molar-refractivity contribution is 7.99. The lowest BCUT2D eigenvalue weighted by atomic mass is 10.2. The molecular weight excluding hydrogens is 296 g/mol. The number of rotatable bonds is 6. The Morgan fingerprint density at radius 3 is 2.85 bits per heavy atom. The molecule has 4 nitrogen and oxygen atoms in total. The van der Waals surface area contributed by atoms with Gasteiger partial charge in [0.15, 0.2) is 0 Å². The summed E-state index contributed by atoms with van der Waals surface area (Å²) in [6.07, 6.45) is 0.819. The molecule has 0 aromatic heterocycles. The van der Waals surface area contributed by atoms with Crippen molar-refractivity contribution in [2.45, 2.75) is 19.4 Å². The van der Waals surface area contributed by atoms with Crippen LogP contribution in [0.4, 0.5) is 0 Å². The third-order valence-corrected chi connectivity index (χ3v) is 3.88. The van der Waals surface area contributed by atoms with Gasteiger partial charge in [-0.2, -0.15) is 0 Å². The van der Waals surface area contributed by atoms with Gasteiger partial charge in [0.1, 0.15) is 5.75 Å². The predicted molar refractivity (Wildman–Crippen MR) is 85.8 cm³/mol. The lowest BCUT2D eigenvalue weighted by Gasteiger charge is -2.11. The molecule has 1 fully saturated rings. The maximum Gasteiger partial charge on any atom is 0.238 e. The molecule has 1 atom stereocenters. The summed E-state index contributed by atoms with van der Waals surface area (Å²) in [6.45, 7) is 3.33. The summed E-state index contributed by atoms with van der Waals surface area (Å²) in [6, 6.07) is 7.96. The first-order chi connectivity index (χ1) is 9.25. The van der Waals surface area contributed by atoms with Gasteiger partial charge < -0.3 is 10.1 Å². The Balaban J connectivity index is 0.00000200. The molecule has 112 valence electrons. The summed E-state index contributed by atoms with van der Waals surface area (Å²) in [7, 11) is 0. The van der Waals surface area contributed by atoms with Crippen molar-refractivity contribution in [3.63, 3.8) is 0 Å². The first-order valence-electron chi connectivity index (χ1n) is 6.54. The van der Waals surface area contributed by atoms with Crippen LogP contribution in [0, 0.1) is 6.92 Å². The van der Waals surface area contributed by atoms with E-state index in [1.165, 1.54) is 5.56 Å². The van der Waals surface area contributed by atoms with Gasteiger partial charge in [-0.25, -0.2) is 0 Å². The van der Waals surface area contributed by atoms with Crippen LogP contribution in [-0.2, 0) is 4.79 Å². The lowest BCUT2D eigenvalue weighted by molar-refractivity contribution is -0.122. The van der Waals surface area contributed by atoms with Gasteiger partial charge in [-0.3, -0.25) is 10.1 Å². The van der Waals surface area contributed by atoms with E-state index < -0.39 is 0 Å². The maximum absolute atomic E-state index is 11.7. The number of ether oxygens (including phenoxy) is 1. The van der Waals surface area contributed by atoms with Crippen molar-refractivity contribution in [2.75, 3.05) is 24.8 Å². The van der Waals surface area contributed by atoms with Crippen LogP contribution < -0.4 is 15.4 Å². The average molecular weight is 317 g/mol. The van der Waals surface area contributed by atoms with Gasteiger partial charge >= 0.3 is 0 Å². The van der Waals surface area contributed by atoms with Crippen LogP contribution in [0.5, 0.6) is 5.75 Å². The number of thioether (sulfide) groups is 1. The number of halogens is 1. The van der Waals surface area contributed by atoms with E-state index in [0.717, 1.165) is 23.8 Å². The highest BCUT2D eigenvalue weighted by Gasteiger charge is 2.21. The molecule has 0 radical (unpaired) electrons. The van der Waals surface area contributed by atoms with E-state index in [2.05, 4.69) is 17.6 Å². The standard InChI is InChI=1S/C14H20N2O2S.ClH/c1-11-3-5-12(6-4-11)18-8-2-7-15-14(17)13-9-19-10-16-13;/h3-6,13,16H,2,7-10H2,1H3,(H,15,17);1H. The Labute approximate surface area is 130 Å². The Hall–Kier alpha value is -0.910. The molecule has 1 heterocycles. The minimum Gasteiger partial charge on any atom is -0.494 e. The normalized spacial score (nSPS) is 17.4. The van der Waals surface area contributed by atoms with Gasteiger partial charge in [-0.1, -0.05) is 17.7 Å². The molecule has 0 spiro atoms. The van der Waals surface area contributed by atoms with E-state index in [1.54, 1.807) is 11.8 Å². The average Bonchev–Trinajstić information content (AvgIpc) is 2.94. The minimum atomic E-state index is -0.0250. The number of benzene rings is 1. The van der Waals surface area contributed by atoms with Crippen molar-refractivity contribution in [3.8, 4) is 5.75 Å². The highest BCUT2D eigenvalue weighted by atomic mass is 35.5. The Morgan fingerprint density at radius 2 is 2.20 bits per heavy atom. The summed E-state index contributed by atoms with van der Waals surface area (Å²) < 4.78 is 5.60. The van der Waals surface area contributed by atoms with Gasteiger partial charge in [0.05, 0.1) is 12.6 Å². The molecule has 1 aromatic carbocycles. The largest absolute Gasteiger partial charge is 0.494 e. The summed E-state index contributed by atoms with van der Waals surface area (Å²) >= 11 is 1.76. The molecule has 1 aliphatic rings. The minimum absolute atomic E-state index is 0. The van der Waals surface area contributed by atoms with Crippen molar-refractivity contribution in [3.05, 3.63) is 29.8 Å². The fourth-order valence-electron chi connectivity index (χ4n) is 1.80. The molecule has 1 saturated heterocycles. The van der Waals surface area contributed by atoms with Crippen molar-refractivity contribution in [1.82, 2.24) is 10.6 Å². The molecule has 0 bridgehead atoms. The molecular formula is C14H21ClN2O2S. The number of amides is 1. The zero-order valence-corrected chi connectivity index (χ0v) is 13.2. The molecule has 1 aromatic rings. The maximum atomic E-state index is 11.7. The molecule has 0 aliphatic carbocycles. The third kappa shape index (κ3) is 5.61. The second-order valence-corrected chi connectivity index (χ2v) is 5.61. The Kier molecular flexibility index (Phi) is 7.80. The molecule has 6 heteroatoms. The van der Waals surface area contributed by atoms with Crippen LogP contribution in [0.25, 0.3) is 0 Å². The first kappa shape index (κ1) is 17.1. The fraction of sp³-hybridized carbons (Fsp3) is 0.500. The van der Waals surface area contributed by atoms with E-state index in [0.29, 0.717) is 13.2 Å². The van der Waals surface area contributed by atoms with Crippen LogP contribution in [0.1, 0.15) is 12.0 Å². The van der Waals surface area contributed by atoms with Gasteiger partial charge in [0.2, 0.25) is 5.91 Å². The summed E-state index contributed by atoms with van der Waals surface area (Å²) in [5, 5.41) is 6.07.